The van der Waals surface area contributed by atoms with E-state index in [1.54, 1.807) is 30.2 Å². The summed E-state index contributed by atoms with van der Waals surface area (Å²) in [5.41, 5.74) is 0.116. The Labute approximate surface area is 208 Å². The van der Waals surface area contributed by atoms with Crippen molar-refractivity contribution in [2.45, 2.75) is 50.5 Å². The number of Topliss-reactive ketones (excluding diaryl/α,β-unsaturated/α-hetero) is 1. The van der Waals surface area contributed by atoms with Crippen molar-refractivity contribution in [2.24, 2.45) is 5.92 Å². The number of ether oxygens (including phenoxy) is 3. The molecule has 0 aromatic heterocycles. The summed E-state index contributed by atoms with van der Waals surface area (Å²) in [5, 5.41) is 0. The standard InChI is InChI=1S/C27H28N2O7/c1-16(30)11-22-27-20(13-23(31)36-27)25(32)29(15-18-12-19(34-2)9-10-21(18)35-3)24(27)26(33)28(22)14-17-7-5-4-6-8-17/h4-10,12,20,22,24H,11,13-15H2,1-3H3/t20-,22-,24+,27+/m0/s1. The van der Waals surface area contributed by atoms with Crippen molar-refractivity contribution in [3.8, 4) is 11.5 Å². The van der Waals surface area contributed by atoms with E-state index in [9.17, 15) is 19.2 Å². The molecule has 5 rings (SSSR count). The van der Waals surface area contributed by atoms with Gasteiger partial charge in [0.25, 0.3) is 0 Å². The maximum Gasteiger partial charge on any atom is 0.307 e. The lowest BCUT2D eigenvalue weighted by Gasteiger charge is -2.34. The second-order valence-electron chi connectivity index (χ2n) is 9.50. The number of methoxy groups -OCH3 is 2. The molecule has 3 fully saturated rings. The van der Waals surface area contributed by atoms with Crippen LogP contribution in [0.1, 0.15) is 30.9 Å². The molecule has 2 aromatic rings. The zero-order valence-corrected chi connectivity index (χ0v) is 20.4. The molecule has 188 valence electrons. The number of ketones is 1. The average molecular weight is 493 g/mol. The van der Waals surface area contributed by atoms with Crippen LogP contribution in [0, 0.1) is 5.92 Å². The van der Waals surface area contributed by atoms with Crippen molar-refractivity contribution in [1.82, 2.24) is 9.80 Å². The molecule has 3 saturated heterocycles. The highest BCUT2D eigenvalue weighted by atomic mass is 16.6. The van der Waals surface area contributed by atoms with Crippen LogP contribution in [-0.4, -0.2) is 65.3 Å². The van der Waals surface area contributed by atoms with Crippen molar-refractivity contribution in [3.05, 3.63) is 59.7 Å². The largest absolute Gasteiger partial charge is 0.497 e. The Morgan fingerprint density at radius 3 is 2.42 bits per heavy atom. The average Bonchev–Trinajstić information content (AvgIpc) is 3.39. The van der Waals surface area contributed by atoms with Gasteiger partial charge >= 0.3 is 5.97 Å². The van der Waals surface area contributed by atoms with Crippen LogP contribution in [0.15, 0.2) is 48.5 Å². The number of benzene rings is 2. The molecule has 2 aromatic carbocycles. The molecule has 3 aliphatic heterocycles. The predicted molar refractivity (Wildman–Crippen MR) is 127 cm³/mol. The van der Waals surface area contributed by atoms with Gasteiger partial charge in [-0.3, -0.25) is 19.2 Å². The molecule has 4 atom stereocenters. The predicted octanol–water partition coefficient (Wildman–Crippen LogP) is 2.11. The van der Waals surface area contributed by atoms with E-state index in [4.69, 9.17) is 14.2 Å². The summed E-state index contributed by atoms with van der Waals surface area (Å²) >= 11 is 0. The number of hydrogen-bond donors (Lipinski definition) is 0. The Morgan fingerprint density at radius 2 is 1.75 bits per heavy atom. The Kier molecular flexibility index (Phi) is 5.94. The van der Waals surface area contributed by atoms with Crippen molar-refractivity contribution < 1.29 is 33.4 Å². The fraction of sp³-hybridized carbons (Fsp3) is 0.407. The molecule has 2 amide bonds. The summed E-state index contributed by atoms with van der Waals surface area (Å²) in [5.74, 6) is -1.08. The van der Waals surface area contributed by atoms with E-state index in [2.05, 4.69) is 0 Å². The quantitative estimate of drug-likeness (QED) is 0.520. The first-order valence-corrected chi connectivity index (χ1v) is 11.9. The SMILES string of the molecule is COc1ccc(OC)c(CN2C(=O)[C@@H]3CC(=O)O[C@@]34[C@H](CC(C)=O)N(Cc3ccccc3)C(=O)[C@@H]24)c1. The number of esters is 1. The van der Waals surface area contributed by atoms with Gasteiger partial charge in [0, 0.05) is 18.5 Å². The van der Waals surface area contributed by atoms with Gasteiger partial charge in [-0.1, -0.05) is 30.3 Å². The Hall–Kier alpha value is -3.88. The smallest absolute Gasteiger partial charge is 0.307 e. The molecule has 9 nitrogen and oxygen atoms in total. The van der Waals surface area contributed by atoms with E-state index in [1.807, 2.05) is 30.3 Å². The number of nitrogens with zero attached hydrogens (tertiary/aromatic N) is 2. The lowest BCUT2D eigenvalue weighted by atomic mass is 9.80. The van der Waals surface area contributed by atoms with Gasteiger partial charge in [-0.25, -0.2) is 0 Å². The van der Waals surface area contributed by atoms with Crippen LogP contribution in [0.3, 0.4) is 0 Å². The van der Waals surface area contributed by atoms with Gasteiger partial charge in [-0.2, -0.15) is 0 Å². The van der Waals surface area contributed by atoms with E-state index in [-0.39, 0.29) is 43.5 Å². The zero-order valence-electron chi connectivity index (χ0n) is 20.4. The van der Waals surface area contributed by atoms with Gasteiger partial charge in [-0.05, 0) is 30.7 Å². The zero-order chi connectivity index (χ0) is 25.6. The molecule has 0 bridgehead atoms. The molecular formula is C27H28N2O7. The number of carbonyl (C=O) groups is 4. The Balaban J connectivity index is 1.59. The van der Waals surface area contributed by atoms with Crippen molar-refractivity contribution in [2.75, 3.05) is 14.2 Å². The van der Waals surface area contributed by atoms with Crippen LogP contribution in [0.2, 0.25) is 0 Å². The molecule has 9 heteroatoms. The van der Waals surface area contributed by atoms with E-state index in [0.717, 1.165) is 5.56 Å². The molecule has 36 heavy (non-hydrogen) atoms. The lowest BCUT2D eigenvalue weighted by molar-refractivity contribution is -0.154. The highest BCUT2D eigenvalue weighted by molar-refractivity contribution is 6.02. The first kappa shape index (κ1) is 23.8. The van der Waals surface area contributed by atoms with Crippen molar-refractivity contribution in [1.29, 1.82) is 0 Å². The molecule has 0 unspecified atom stereocenters. The van der Waals surface area contributed by atoms with Crippen LogP contribution < -0.4 is 9.47 Å². The minimum Gasteiger partial charge on any atom is -0.497 e. The molecular weight excluding hydrogens is 464 g/mol. The number of rotatable bonds is 8. The summed E-state index contributed by atoms with van der Waals surface area (Å²) in [7, 11) is 3.07. The maximum atomic E-state index is 14.0. The van der Waals surface area contributed by atoms with E-state index in [0.29, 0.717) is 17.1 Å². The normalized spacial score (nSPS) is 26.6. The summed E-state index contributed by atoms with van der Waals surface area (Å²) in [6.45, 7) is 1.75. The third-order valence-electron chi connectivity index (χ3n) is 7.45. The highest BCUT2D eigenvalue weighted by Crippen LogP contribution is 2.54. The van der Waals surface area contributed by atoms with Gasteiger partial charge < -0.3 is 24.0 Å². The fourth-order valence-corrected chi connectivity index (χ4v) is 5.97. The topological polar surface area (TPSA) is 102 Å². The van der Waals surface area contributed by atoms with Crippen molar-refractivity contribution >= 4 is 23.6 Å². The summed E-state index contributed by atoms with van der Waals surface area (Å²) in [4.78, 5) is 55.7. The van der Waals surface area contributed by atoms with Crippen LogP contribution in [-0.2, 0) is 37.0 Å². The third-order valence-corrected chi connectivity index (χ3v) is 7.45. The van der Waals surface area contributed by atoms with Gasteiger partial charge in [0.15, 0.2) is 11.6 Å². The minimum absolute atomic E-state index is 0.0115. The fourth-order valence-electron chi connectivity index (χ4n) is 5.97. The van der Waals surface area contributed by atoms with E-state index in [1.165, 1.54) is 18.9 Å². The third kappa shape index (κ3) is 3.61. The van der Waals surface area contributed by atoms with Gasteiger partial charge in [-0.15, -0.1) is 0 Å². The number of amides is 2. The van der Waals surface area contributed by atoms with Gasteiger partial charge in [0.05, 0.1) is 39.1 Å². The summed E-state index contributed by atoms with van der Waals surface area (Å²) in [6.07, 6.45) is -0.135. The number of carbonyl (C=O) groups excluding carboxylic acids is 4. The second kappa shape index (κ2) is 8.96. The molecule has 1 spiro atoms. The summed E-state index contributed by atoms with van der Waals surface area (Å²) in [6, 6.07) is 12.9. The highest BCUT2D eigenvalue weighted by Gasteiger charge is 2.76. The summed E-state index contributed by atoms with van der Waals surface area (Å²) < 4.78 is 16.8. The van der Waals surface area contributed by atoms with Crippen LogP contribution in [0.4, 0.5) is 0 Å². The monoisotopic (exact) mass is 492 g/mol. The Bertz CT molecular complexity index is 1230. The molecule has 3 heterocycles. The molecule has 0 saturated carbocycles. The minimum atomic E-state index is -1.42. The van der Waals surface area contributed by atoms with Crippen LogP contribution >= 0.6 is 0 Å². The first-order valence-electron chi connectivity index (χ1n) is 11.9. The molecule has 3 aliphatic rings. The van der Waals surface area contributed by atoms with Crippen LogP contribution in [0.5, 0.6) is 11.5 Å². The first-order chi connectivity index (χ1) is 17.3. The second-order valence-corrected chi connectivity index (χ2v) is 9.50. The molecule has 0 N–H and O–H groups in total. The lowest BCUT2D eigenvalue weighted by Crippen LogP contribution is -2.52. The van der Waals surface area contributed by atoms with E-state index < -0.39 is 29.6 Å². The van der Waals surface area contributed by atoms with Gasteiger partial charge in [0.1, 0.15) is 17.3 Å². The molecule has 0 aliphatic carbocycles. The Morgan fingerprint density at radius 1 is 1.00 bits per heavy atom. The molecule has 0 radical (unpaired) electrons. The van der Waals surface area contributed by atoms with E-state index >= 15 is 0 Å². The van der Waals surface area contributed by atoms with Crippen LogP contribution in [0.25, 0.3) is 0 Å². The van der Waals surface area contributed by atoms with Gasteiger partial charge in [0.2, 0.25) is 11.8 Å². The number of likely N-dealkylation sites (tertiary alicyclic amines) is 2. The van der Waals surface area contributed by atoms with Crippen molar-refractivity contribution in [3.63, 3.8) is 0 Å². The maximum absolute atomic E-state index is 14.0. The number of hydrogen-bond acceptors (Lipinski definition) is 7.